The topological polar surface area (TPSA) is 129 Å². The molecule has 0 bridgehead atoms. The first kappa shape index (κ1) is 19.4. The van der Waals surface area contributed by atoms with E-state index in [0.717, 1.165) is 5.56 Å². The van der Waals surface area contributed by atoms with Gasteiger partial charge in [0.1, 0.15) is 28.9 Å². The van der Waals surface area contributed by atoms with Gasteiger partial charge < -0.3 is 14.8 Å². The van der Waals surface area contributed by atoms with Crippen LogP contribution in [0, 0.1) is 21.4 Å². The number of nitriles is 1. The molecule has 2 N–H and O–H groups in total. The summed E-state index contributed by atoms with van der Waals surface area (Å²) < 4.78 is 5.54. The van der Waals surface area contributed by atoms with Crippen LogP contribution in [0.2, 0.25) is 0 Å². The summed E-state index contributed by atoms with van der Waals surface area (Å²) in [6, 6.07) is 17.6. The van der Waals surface area contributed by atoms with E-state index >= 15 is 0 Å². The fraction of sp³-hybridized carbons (Fsp3) is 0.0476. The lowest BCUT2D eigenvalue weighted by Gasteiger charge is -2.04. The third-order valence-corrected chi connectivity index (χ3v) is 4.03. The SMILES string of the molecule is N#C/C(=C/c1ccc(-c2cc([N+](=O)[O-])ccc2O)o1)C(=O)NCc1ccccc1. The average molecular weight is 389 g/mol. The molecule has 1 aromatic heterocycles. The van der Waals surface area contributed by atoms with Crippen LogP contribution in [0.1, 0.15) is 11.3 Å². The highest BCUT2D eigenvalue weighted by molar-refractivity contribution is 6.01. The minimum absolute atomic E-state index is 0.130. The number of carbonyl (C=O) groups excluding carboxylic acids is 1. The number of phenols is 1. The van der Waals surface area contributed by atoms with Gasteiger partial charge in [-0.1, -0.05) is 30.3 Å². The first-order valence-corrected chi connectivity index (χ1v) is 8.49. The number of aromatic hydroxyl groups is 1. The number of nitro benzene ring substituents is 1. The number of hydrogen-bond donors (Lipinski definition) is 2. The van der Waals surface area contributed by atoms with E-state index in [2.05, 4.69) is 5.32 Å². The number of furan rings is 1. The number of hydrogen-bond acceptors (Lipinski definition) is 6. The standard InChI is InChI=1S/C21H15N3O5/c22-12-15(21(26)23-13-14-4-2-1-3-5-14)10-17-7-9-20(29-17)18-11-16(24(27)28)6-8-19(18)25/h1-11,25H,13H2,(H,23,26)/b15-10-. The Hall–Kier alpha value is -4.38. The van der Waals surface area contributed by atoms with Gasteiger partial charge in [0.2, 0.25) is 0 Å². The van der Waals surface area contributed by atoms with Crippen molar-refractivity contribution in [1.82, 2.24) is 5.32 Å². The van der Waals surface area contributed by atoms with Gasteiger partial charge >= 0.3 is 0 Å². The maximum Gasteiger partial charge on any atom is 0.270 e. The van der Waals surface area contributed by atoms with Crippen LogP contribution in [0.15, 0.2) is 70.7 Å². The Morgan fingerprint density at radius 3 is 2.66 bits per heavy atom. The molecule has 29 heavy (non-hydrogen) atoms. The van der Waals surface area contributed by atoms with Crippen LogP contribution < -0.4 is 5.32 Å². The van der Waals surface area contributed by atoms with Gasteiger partial charge in [0.25, 0.3) is 11.6 Å². The summed E-state index contributed by atoms with van der Waals surface area (Å²) in [5, 5.41) is 32.8. The Balaban J connectivity index is 1.79. The van der Waals surface area contributed by atoms with E-state index in [-0.39, 0.29) is 40.6 Å². The number of non-ortho nitro benzene ring substituents is 1. The van der Waals surface area contributed by atoms with Crippen molar-refractivity contribution in [2.24, 2.45) is 0 Å². The first-order valence-electron chi connectivity index (χ1n) is 8.49. The molecule has 0 saturated carbocycles. The van der Waals surface area contributed by atoms with Crippen LogP contribution in [0.5, 0.6) is 5.75 Å². The Kier molecular flexibility index (Phi) is 5.71. The number of nitro groups is 1. The molecule has 144 valence electrons. The molecular formula is C21H15N3O5. The molecule has 3 aromatic rings. The minimum atomic E-state index is -0.586. The molecule has 0 atom stereocenters. The van der Waals surface area contributed by atoms with Crippen LogP contribution in [0.3, 0.4) is 0 Å². The maximum absolute atomic E-state index is 12.2. The minimum Gasteiger partial charge on any atom is -0.507 e. The van der Waals surface area contributed by atoms with Crippen LogP contribution in [0.25, 0.3) is 17.4 Å². The fourth-order valence-electron chi connectivity index (χ4n) is 2.57. The van der Waals surface area contributed by atoms with E-state index in [4.69, 9.17) is 4.42 Å². The van der Waals surface area contributed by atoms with Crippen molar-refractivity contribution in [3.63, 3.8) is 0 Å². The van der Waals surface area contributed by atoms with Crippen molar-refractivity contribution in [3.05, 3.63) is 87.7 Å². The lowest BCUT2D eigenvalue weighted by Crippen LogP contribution is -2.23. The molecule has 3 rings (SSSR count). The highest BCUT2D eigenvalue weighted by Gasteiger charge is 2.16. The number of carbonyl (C=O) groups is 1. The highest BCUT2D eigenvalue weighted by atomic mass is 16.6. The predicted octanol–water partition coefficient (Wildman–Crippen LogP) is 3.78. The van der Waals surface area contributed by atoms with Crippen LogP contribution in [-0.4, -0.2) is 15.9 Å². The molecule has 0 unspecified atom stereocenters. The van der Waals surface area contributed by atoms with E-state index in [1.807, 2.05) is 36.4 Å². The molecule has 8 heteroatoms. The van der Waals surface area contributed by atoms with Gasteiger partial charge in [-0.25, -0.2) is 0 Å². The van der Waals surface area contributed by atoms with Gasteiger partial charge in [-0.15, -0.1) is 0 Å². The fourth-order valence-corrected chi connectivity index (χ4v) is 2.57. The largest absolute Gasteiger partial charge is 0.507 e. The normalized spacial score (nSPS) is 10.9. The molecule has 1 amide bonds. The third-order valence-electron chi connectivity index (χ3n) is 4.03. The maximum atomic E-state index is 12.2. The van der Waals surface area contributed by atoms with Crippen molar-refractivity contribution >= 4 is 17.7 Å². The van der Waals surface area contributed by atoms with Crippen LogP contribution in [0.4, 0.5) is 5.69 Å². The molecule has 1 heterocycles. The van der Waals surface area contributed by atoms with Gasteiger partial charge in [-0.2, -0.15) is 5.26 Å². The molecule has 0 aliphatic heterocycles. The first-order chi connectivity index (χ1) is 14.0. The molecule has 8 nitrogen and oxygen atoms in total. The monoisotopic (exact) mass is 389 g/mol. The van der Waals surface area contributed by atoms with Gasteiger partial charge in [0.15, 0.2) is 0 Å². The Labute approximate surface area is 165 Å². The molecule has 0 radical (unpaired) electrons. The van der Waals surface area contributed by atoms with E-state index in [0.29, 0.717) is 0 Å². The van der Waals surface area contributed by atoms with Crippen molar-refractivity contribution in [3.8, 4) is 23.1 Å². The summed E-state index contributed by atoms with van der Waals surface area (Å²) in [5.41, 5.74) is 0.653. The quantitative estimate of drug-likeness (QED) is 0.286. The van der Waals surface area contributed by atoms with E-state index in [9.17, 15) is 25.3 Å². The molecule has 0 spiro atoms. The predicted molar refractivity (Wildman–Crippen MR) is 104 cm³/mol. The number of nitrogens with one attached hydrogen (secondary N) is 1. The molecule has 0 aliphatic carbocycles. The molecule has 0 aliphatic rings. The Morgan fingerprint density at radius 2 is 1.97 bits per heavy atom. The van der Waals surface area contributed by atoms with E-state index in [1.165, 1.54) is 36.4 Å². The zero-order chi connectivity index (χ0) is 20.8. The smallest absolute Gasteiger partial charge is 0.270 e. The summed E-state index contributed by atoms with van der Waals surface area (Å²) in [5.74, 6) is -0.397. The summed E-state index contributed by atoms with van der Waals surface area (Å²) in [4.78, 5) is 22.6. The van der Waals surface area contributed by atoms with E-state index < -0.39 is 10.8 Å². The second kappa shape index (κ2) is 8.54. The second-order valence-corrected chi connectivity index (χ2v) is 6.00. The number of phenolic OH excluding ortho intramolecular Hbond substituents is 1. The summed E-state index contributed by atoms with van der Waals surface area (Å²) in [6.07, 6.45) is 1.26. The molecular weight excluding hydrogens is 374 g/mol. The zero-order valence-electron chi connectivity index (χ0n) is 15.0. The highest BCUT2D eigenvalue weighted by Crippen LogP contribution is 2.34. The summed E-state index contributed by atoms with van der Waals surface area (Å²) in [7, 11) is 0. The van der Waals surface area contributed by atoms with Gasteiger partial charge in [0, 0.05) is 24.8 Å². The van der Waals surface area contributed by atoms with Crippen molar-refractivity contribution in [2.45, 2.75) is 6.54 Å². The number of rotatable bonds is 6. The summed E-state index contributed by atoms with van der Waals surface area (Å²) >= 11 is 0. The summed E-state index contributed by atoms with van der Waals surface area (Å²) in [6.45, 7) is 0.268. The molecule has 2 aromatic carbocycles. The Morgan fingerprint density at radius 1 is 1.21 bits per heavy atom. The van der Waals surface area contributed by atoms with Gasteiger partial charge in [-0.05, 0) is 23.8 Å². The van der Waals surface area contributed by atoms with Gasteiger partial charge in [0.05, 0.1) is 10.5 Å². The van der Waals surface area contributed by atoms with E-state index in [1.54, 1.807) is 0 Å². The third kappa shape index (κ3) is 4.67. The lowest BCUT2D eigenvalue weighted by atomic mass is 10.1. The van der Waals surface area contributed by atoms with Gasteiger partial charge in [-0.3, -0.25) is 14.9 Å². The lowest BCUT2D eigenvalue weighted by molar-refractivity contribution is -0.384. The number of amides is 1. The van der Waals surface area contributed by atoms with Crippen molar-refractivity contribution < 1.29 is 19.2 Å². The molecule has 0 saturated heterocycles. The zero-order valence-corrected chi connectivity index (χ0v) is 15.0. The number of nitrogens with zero attached hydrogens (tertiary/aromatic N) is 2. The second-order valence-electron chi connectivity index (χ2n) is 6.00. The Bertz CT molecular complexity index is 1130. The molecule has 0 fully saturated rings. The van der Waals surface area contributed by atoms with Crippen LogP contribution >= 0.6 is 0 Å². The van der Waals surface area contributed by atoms with Crippen molar-refractivity contribution in [2.75, 3.05) is 0 Å². The number of benzene rings is 2. The van der Waals surface area contributed by atoms with Crippen LogP contribution in [-0.2, 0) is 11.3 Å². The van der Waals surface area contributed by atoms with Crippen molar-refractivity contribution in [1.29, 1.82) is 5.26 Å². The average Bonchev–Trinajstić information content (AvgIpc) is 3.19.